The predicted octanol–water partition coefficient (Wildman–Crippen LogP) is 0.0907. The van der Waals surface area contributed by atoms with Gasteiger partial charge in [0.25, 0.3) is 0 Å². The highest BCUT2D eigenvalue weighted by atomic mass is 32.2. The van der Waals surface area contributed by atoms with E-state index in [1.54, 1.807) is 18.2 Å². The molecule has 1 saturated carbocycles. The number of nitrogens with two attached hydrogens (primary N) is 1. The number of hydrogen-bond donors (Lipinski definition) is 3. The summed E-state index contributed by atoms with van der Waals surface area (Å²) in [5, 5.41) is 2.77. The Hall–Kier alpha value is -1.44. The van der Waals surface area contributed by atoms with Gasteiger partial charge in [-0.05, 0) is 31.4 Å². The van der Waals surface area contributed by atoms with E-state index in [9.17, 15) is 13.2 Å². The first-order chi connectivity index (χ1) is 9.44. The maximum atomic E-state index is 12.3. The van der Waals surface area contributed by atoms with Crippen molar-refractivity contribution in [1.29, 1.82) is 0 Å². The molecule has 1 aromatic carbocycles. The summed E-state index contributed by atoms with van der Waals surface area (Å²) in [7, 11) is -3.75. The number of sulfonamides is 1. The molecule has 0 heterocycles. The summed E-state index contributed by atoms with van der Waals surface area (Å²) in [4.78, 5) is 11.9. The van der Waals surface area contributed by atoms with Crippen molar-refractivity contribution in [3.8, 4) is 0 Å². The summed E-state index contributed by atoms with van der Waals surface area (Å²) in [6.07, 6.45) is 1.92. The largest absolute Gasteiger partial charge is 0.352 e. The minimum atomic E-state index is -3.75. The molecule has 0 spiro atoms. The Kier molecular flexibility index (Phi) is 4.42. The molecule has 4 N–H and O–H groups in total. The van der Waals surface area contributed by atoms with Gasteiger partial charge in [0.2, 0.25) is 15.9 Å². The normalized spacial score (nSPS) is 16.7. The molecule has 1 fully saturated rings. The Labute approximate surface area is 118 Å². The molecule has 1 aromatic rings. The van der Waals surface area contributed by atoms with Gasteiger partial charge < -0.3 is 11.1 Å². The molecule has 0 aromatic heterocycles. The Balaban J connectivity index is 2.11. The van der Waals surface area contributed by atoms with E-state index in [-0.39, 0.29) is 23.4 Å². The van der Waals surface area contributed by atoms with Crippen LogP contribution in [0.25, 0.3) is 0 Å². The Morgan fingerprint density at radius 2 is 2.05 bits per heavy atom. The lowest BCUT2D eigenvalue weighted by Gasteiger charge is -2.15. The molecule has 1 aliphatic carbocycles. The smallest absolute Gasteiger partial charge is 0.241 e. The second-order valence-corrected chi connectivity index (χ2v) is 6.62. The third kappa shape index (κ3) is 3.56. The zero-order chi connectivity index (χ0) is 14.8. The van der Waals surface area contributed by atoms with Crippen LogP contribution in [0.3, 0.4) is 0 Å². The van der Waals surface area contributed by atoms with E-state index < -0.39 is 16.1 Å². The van der Waals surface area contributed by atoms with E-state index in [0.29, 0.717) is 5.56 Å². The van der Waals surface area contributed by atoms with Crippen LogP contribution in [0.5, 0.6) is 0 Å². The topological polar surface area (TPSA) is 101 Å². The quantitative estimate of drug-likeness (QED) is 0.692. The van der Waals surface area contributed by atoms with Crippen LogP contribution in [0.4, 0.5) is 0 Å². The standard InChI is InChI=1S/C13H19N3O3S/c1-9(13(17)15-11-6-7-11)16-20(18,19)12-5-3-2-4-10(12)8-14/h2-5,9,11,16H,6-8,14H2,1H3,(H,15,17). The number of carbonyl (C=O) groups is 1. The van der Waals surface area contributed by atoms with Crippen molar-refractivity contribution >= 4 is 15.9 Å². The average Bonchev–Trinajstić information content (AvgIpc) is 3.22. The minimum Gasteiger partial charge on any atom is -0.352 e. The second-order valence-electron chi connectivity index (χ2n) is 4.94. The first-order valence-electron chi connectivity index (χ1n) is 6.54. The second kappa shape index (κ2) is 5.90. The summed E-state index contributed by atoms with van der Waals surface area (Å²) >= 11 is 0. The fourth-order valence-corrected chi connectivity index (χ4v) is 3.29. The van der Waals surface area contributed by atoms with Crippen molar-refractivity contribution in [1.82, 2.24) is 10.0 Å². The van der Waals surface area contributed by atoms with Crippen LogP contribution < -0.4 is 15.8 Å². The van der Waals surface area contributed by atoms with Gasteiger partial charge in [-0.3, -0.25) is 4.79 Å². The predicted molar refractivity (Wildman–Crippen MR) is 75.3 cm³/mol. The number of benzene rings is 1. The summed E-state index contributed by atoms with van der Waals surface area (Å²) in [5.74, 6) is -0.304. The van der Waals surface area contributed by atoms with Crippen LogP contribution in [0.1, 0.15) is 25.3 Å². The summed E-state index contributed by atoms with van der Waals surface area (Å²) in [6.45, 7) is 1.65. The number of carbonyl (C=O) groups excluding carboxylic acids is 1. The van der Waals surface area contributed by atoms with E-state index in [1.165, 1.54) is 13.0 Å². The lowest BCUT2D eigenvalue weighted by Crippen LogP contribution is -2.45. The van der Waals surface area contributed by atoms with E-state index in [2.05, 4.69) is 10.0 Å². The zero-order valence-corrected chi connectivity index (χ0v) is 12.1. The van der Waals surface area contributed by atoms with Crippen LogP contribution in [0.15, 0.2) is 29.2 Å². The van der Waals surface area contributed by atoms with Crippen LogP contribution in [0, 0.1) is 0 Å². The third-order valence-corrected chi connectivity index (χ3v) is 4.77. The summed E-state index contributed by atoms with van der Waals surface area (Å²) in [5.41, 5.74) is 6.06. The molecule has 6 nitrogen and oxygen atoms in total. The van der Waals surface area contributed by atoms with Crippen molar-refractivity contribution in [2.75, 3.05) is 0 Å². The maximum Gasteiger partial charge on any atom is 0.241 e. The summed E-state index contributed by atoms with van der Waals surface area (Å²) < 4.78 is 26.9. The lowest BCUT2D eigenvalue weighted by molar-refractivity contribution is -0.122. The molecule has 1 amide bonds. The molecule has 1 atom stereocenters. The van der Waals surface area contributed by atoms with Gasteiger partial charge in [0.1, 0.15) is 0 Å². The highest BCUT2D eigenvalue weighted by molar-refractivity contribution is 7.89. The number of hydrogen-bond acceptors (Lipinski definition) is 4. The van der Waals surface area contributed by atoms with Gasteiger partial charge in [-0.2, -0.15) is 4.72 Å². The highest BCUT2D eigenvalue weighted by Gasteiger charge is 2.28. The van der Waals surface area contributed by atoms with Gasteiger partial charge in [0.05, 0.1) is 10.9 Å². The third-order valence-electron chi connectivity index (χ3n) is 3.13. The molecule has 0 radical (unpaired) electrons. The fourth-order valence-electron chi connectivity index (χ4n) is 1.84. The van der Waals surface area contributed by atoms with E-state index in [0.717, 1.165) is 12.8 Å². The first kappa shape index (κ1) is 15.0. The van der Waals surface area contributed by atoms with Crippen molar-refractivity contribution in [3.63, 3.8) is 0 Å². The zero-order valence-electron chi connectivity index (χ0n) is 11.3. The van der Waals surface area contributed by atoms with E-state index >= 15 is 0 Å². The highest BCUT2D eigenvalue weighted by Crippen LogP contribution is 2.19. The van der Waals surface area contributed by atoms with Gasteiger partial charge in [-0.25, -0.2) is 8.42 Å². The van der Waals surface area contributed by atoms with Crippen molar-refractivity contribution in [2.24, 2.45) is 5.73 Å². The Bertz CT molecular complexity index is 597. The molecule has 110 valence electrons. The molecule has 20 heavy (non-hydrogen) atoms. The molecule has 2 rings (SSSR count). The Morgan fingerprint density at radius 3 is 2.65 bits per heavy atom. The van der Waals surface area contributed by atoms with Gasteiger partial charge >= 0.3 is 0 Å². The molecular formula is C13H19N3O3S. The van der Waals surface area contributed by atoms with E-state index in [1.807, 2.05) is 0 Å². The van der Waals surface area contributed by atoms with Gasteiger partial charge in [0, 0.05) is 12.6 Å². The van der Waals surface area contributed by atoms with Crippen LogP contribution >= 0.6 is 0 Å². The minimum absolute atomic E-state index is 0.119. The first-order valence-corrected chi connectivity index (χ1v) is 8.03. The van der Waals surface area contributed by atoms with Crippen LogP contribution in [-0.2, 0) is 21.4 Å². The lowest BCUT2D eigenvalue weighted by atomic mass is 10.2. The van der Waals surface area contributed by atoms with Crippen LogP contribution in [-0.4, -0.2) is 26.4 Å². The Morgan fingerprint density at radius 1 is 1.40 bits per heavy atom. The van der Waals surface area contributed by atoms with Crippen molar-refractivity contribution < 1.29 is 13.2 Å². The molecule has 7 heteroatoms. The average molecular weight is 297 g/mol. The van der Waals surface area contributed by atoms with Crippen molar-refractivity contribution in [3.05, 3.63) is 29.8 Å². The summed E-state index contributed by atoms with van der Waals surface area (Å²) in [6, 6.07) is 5.88. The molecule has 0 saturated heterocycles. The van der Waals surface area contributed by atoms with Gasteiger partial charge in [-0.15, -0.1) is 0 Å². The molecule has 1 aliphatic rings. The fraction of sp³-hybridized carbons (Fsp3) is 0.462. The van der Waals surface area contributed by atoms with Gasteiger partial charge in [0.15, 0.2) is 0 Å². The molecular weight excluding hydrogens is 278 g/mol. The van der Waals surface area contributed by atoms with E-state index in [4.69, 9.17) is 5.73 Å². The molecule has 0 aliphatic heterocycles. The molecule has 0 bridgehead atoms. The van der Waals surface area contributed by atoms with Crippen LogP contribution in [0.2, 0.25) is 0 Å². The maximum absolute atomic E-state index is 12.3. The van der Waals surface area contributed by atoms with Crippen molar-refractivity contribution in [2.45, 2.75) is 43.3 Å². The number of amides is 1. The van der Waals surface area contributed by atoms with Gasteiger partial charge in [-0.1, -0.05) is 18.2 Å². The molecule has 1 unspecified atom stereocenters. The number of nitrogens with one attached hydrogen (secondary N) is 2. The SMILES string of the molecule is CC(NS(=O)(=O)c1ccccc1CN)C(=O)NC1CC1. The monoisotopic (exact) mass is 297 g/mol. The number of rotatable bonds is 6.